The molecule has 4 heterocycles. The van der Waals surface area contributed by atoms with Crippen LogP contribution in [0.25, 0.3) is 0 Å². The second-order valence-corrected chi connectivity index (χ2v) is 7.10. The lowest BCUT2D eigenvalue weighted by Crippen LogP contribution is -2.49. The molecule has 0 unspecified atom stereocenters. The molecule has 0 atom stereocenters. The summed E-state index contributed by atoms with van der Waals surface area (Å²) < 4.78 is 0. The van der Waals surface area contributed by atoms with Gasteiger partial charge in [0.05, 0.1) is 29.2 Å². The van der Waals surface area contributed by atoms with E-state index in [0.717, 1.165) is 17.2 Å². The Bertz CT molecular complexity index is 938. The van der Waals surface area contributed by atoms with Crippen LogP contribution in [-0.4, -0.2) is 71.4 Å². The third-order valence-electron chi connectivity index (χ3n) is 5.17. The molecule has 2 aromatic heterocycles. The molecule has 28 heavy (non-hydrogen) atoms. The van der Waals surface area contributed by atoms with Crippen molar-refractivity contribution >= 4 is 29.1 Å². The maximum atomic E-state index is 13.0. The number of nitrogens with zero attached hydrogens (tertiary/aromatic N) is 6. The molecule has 0 aliphatic carbocycles. The predicted molar refractivity (Wildman–Crippen MR) is 106 cm³/mol. The van der Waals surface area contributed by atoms with E-state index in [1.165, 1.54) is 4.90 Å². The lowest BCUT2D eigenvalue weighted by Gasteiger charge is -2.36. The van der Waals surface area contributed by atoms with Crippen LogP contribution in [0.3, 0.4) is 0 Å². The summed E-state index contributed by atoms with van der Waals surface area (Å²) in [5, 5.41) is 2.98. The number of likely N-dealkylation sites (N-methyl/N-ethyl adjacent to an activating group) is 1. The van der Waals surface area contributed by atoms with Gasteiger partial charge in [0.1, 0.15) is 11.6 Å². The Kier molecular flexibility index (Phi) is 4.58. The molecule has 2 aliphatic rings. The Morgan fingerprint density at radius 2 is 1.86 bits per heavy atom. The van der Waals surface area contributed by atoms with Gasteiger partial charge in [-0.15, -0.1) is 0 Å². The number of aryl methyl sites for hydroxylation is 2. The highest BCUT2D eigenvalue weighted by atomic mass is 16.2. The van der Waals surface area contributed by atoms with E-state index < -0.39 is 0 Å². The van der Waals surface area contributed by atoms with Crippen LogP contribution in [-0.2, 0) is 4.79 Å². The van der Waals surface area contributed by atoms with E-state index in [0.29, 0.717) is 43.2 Å². The second kappa shape index (κ2) is 7.06. The molecule has 1 N–H and O–H groups in total. The molecule has 9 nitrogen and oxygen atoms in total. The molecular formula is C19H23N7O2. The molecule has 1 fully saturated rings. The number of hydrogen-bond acceptors (Lipinski definition) is 7. The Morgan fingerprint density at radius 3 is 2.61 bits per heavy atom. The molecule has 2 amide bonds. The van der Waals surface area contributed by atoms with Crippen LogP contribution in [0.4, 0.5) is 17.3 Å². The fraction of sp³-hybridized carbons (Fsp3) is 0.421. The standard InChI is InChI=1S/C19H23N7O2/c1-12-9-20-13(2)18(23-12)25-4-6-26(7-5-25)19(28)14-8-15-17(21-10-14)22-11-16(27)24(15)3/h8-10H,4-7,11H2,1-3H3,(H,21,22). The largest absolute Gasteiger partial charge is 0.359 e. The monoisotopic (exact) mass is 381 g/mol. The molecule has 2 aromatic rings. The van der Waals surface area contributed by atoms with E-state index in [2.05, 4.69) is 25.2 Å². The first-order valence-corrected chi connectivity index (χ1v) is 9.29. The molecule has 146 valence electrons. The number of rotatable bonds is 2. The lowest BCUT2D eigenvalue weighted by molar-refractivity contribution is -0.116. The van der Waals surface area contributed by atoms with Gasteiger partial charge in [-0.25, -0.2) is 9.97 Å². The zero-order chi connectivity index (χ0) is 19.8. The predicted octanol–water partition coefficient (Wildman–Crippen LogP) is 0.839. The van der Waals surface area contributed by atoms with Crippen LogP contribution < -0.4 is 15.1 Å². The van der Waals surface area contributed by atoms with Crippen LogP contribution in [0.5, 0.6) is 0 Å². The van der Waals surface area contributed by atoms with Crippen LogP contribution in [0, 0.1) is 13.8 Å². The Morgan fingerprint density at radius 1 is 1.11 bits per heavy atom. The van der Waals surface area contributed by atoms with Crippen molar-refractivity contribution in [2.24, 2.45) is 0 Å². The van der Waals surface area contributed by atoms with Crippen LogP contribution in [0.2, 0.25) is 0 Å². The molecular weight excluding hydrogens is 358 g/mol. The zero-order valence-electron chi connectivity index (χ0n) is 16.3. The van der Waals surface area contributed by atoms with Crippen molar-refractivity contribution in [2.45, 2.75) is 13.8 Å². The molecule has 4 rings (SSSR count). The van der Waals surface area contributed by atoms with Gasteiger partial charge in [0, 0.05) is 45.6 Å². The maximum Gasteiger partial charge on any atom is 0.255 e. The van der Waals surface area contributed by atoms with Crippen molar-refractivity contribution in [3.8, 4) is 0 Å². The fourth-order valence-corrected chi connectivity index (χ4v) is 3.50. The third kappa shape index (κ3) is 3.23. The number of carbonyl (C=O) groups is 2. The van der Waals surface area contributed by atoms with Crippen molar-refractivity contribution in [3.63, 3.8) is 0 Å². The molecule has 0 saturated carbocycles. The van der Waals surface area contributed by atoms with Crippen molar-refractivity contribution in [3.05, 3.63) is 35.4 Å². The zero-order valence-corrected chi connectivity index (χ0v) is 16.3. The first-order chi connectivity index (χ1) is 13.4. The minimum Gasteiger partial charge on any atom is -0.359 e. The number of carbonyl (C=O) groups excluding carboxylic acids is 2. The summed E-state index contributed by atoms with van der Waals surface area (Å²) in [5.41, 5.74) is 2.89. The molecule has 0 bridgehead atoms. The Labute approximate surface area is 163 Å². The SMILES string of the molecule is Cc1cnc(C)c(N2CCN(C(=O)c3cnc4c(c3)N(C)C(=O)CN4)CC2)n1. The van der Waals surface area contributed by atoms with Gasteiger partial charge >= 0.3 is 0 Å². The summed E-state index contributed by atoms with van der Waals surface area (Å²) in [6.07, 6.45) is 3.33. The number of pyridine rings is 1. The van der Waals surface area contributed by atoms with E-state index in [-0.39, 0.29) is 18.4 Å². The number of nitrogens with one attached hydrogen (secondary N) is 1. The van der Waals surface area contributed by atoms with E-state index in [1.807, 2.05) is 18.7 Å². The van der Waals surface area contributed by atoms with Crippen LogP contribution in [0.1, 0.15) is 21.7 Å². The number of aromatic nitrogens is 3. The van der Waals surface area contributed by atoms with Gasteiger partial charge in [0.15, 0.2) is 0 Å². The minimum absolute atomic E-state index is 0.0536. The smallest absolute Gasteiger partial charge is 0.255 e. The molecule has 2 aliphatic heterocycles. The van der Waals surface area contributed by atoms with Gasteiger partial charge in [0.2, 0.25) is 5.91 Å². The number of amides is 2. The van der Waals surface area contributed by atoms with Gasteiger partial charge in [-0.3, -0.25) is 14.6 Å². The molecule has 9 heteroatoms. The summed E-state index contributed by atoms with van der Waals surface area (Å²) in [7, 11) is 1.70. The van der Waals surface area contributed by atoms with E-state index in [9.17, 15) is 9.59 Å². The summed E-state index contributed by atoms with van der Waals surface area (Å²) in [6.45, 7) is 6.68. The van der Waals surface area contributed by atoms with E-state index >= 15 is 0 Å². The number of hydrogen-bond donors (Lipinski definition) is 1. The average molecular weight is 381 g/mol. The summed E-state index contributed by atoms with van der Waals surface area (Å²) in [6, 6.07) is 1.73. The van der Waals surface area contributed by atoms with Crippen molar-refractivity contribution < 1.29 is 9.59 Å². The minimum atomic E-state index is -0.0755. The summed E-state index contributed by atoms with van der Waals surface area (Å²) in [4.78, 5) is 43.7. The van der Waals surface area contributed by atoms with Gasteiger partial charge in [-0.2, -0.15) is 0 Å². The van der Waals surface area contributed by atoms with Crippen LogP contribution >= 0.6 is 0 Å². The highest BCUT2D eigenvalue weighted by Gasteiger charge is 2.27. The van der Waals surface area contributed by atoms with Gasteiger partial charge in [-0.1, -0.05) is 0 Å². The molecule has 1 saturated heterocycles. The molecule has 0 spiro atoms. The number of anilines is 3. The van der Waals surface area contributed by atoms with Crippen LogP contribution in [0.15, 0.2) is 18.5 Å². The maximum absolute atomic E-state index is 13.0. The highest BCUT2D eigenvalue weighted by molar-refractivity contribution is 6.03. The van der Waals surface area contributed by atoms with Crippen molar-refractivity contribution in [1.29, 1.82) is 0 Å². The molecule has 0 radical (unpaired) electrons. The normalized spacial score (nSPS) is 16.7. The lowest BCUT2D eigenvalue weighted by atomic mass is 10.1. The highest BCUT2D eigenvalue weighted by Crippen LogP contribution is 2.28. The number of fused-ring (bicyclic) bond motifs is 1. The first-order valence-electron chi connectivity index (χ1n) is 9.29. The average Bonchev–Trinajstić information content (AvgIpc) is 2.72. The second-order valence-electron chi connectivity index (χ2n) is 7.10. The van der Waals surface area contributed by atoms with Crippen molar-refractivity contribution in [1.82, 2.24) is 19.9 Å². The quantitative estimate of drug-likeness (QED) is 0.824. The van der Waals surface area contributed by atoms with Crippen molar-refractivity contribution in [2.75, 3.05) is 54.9 Å². The third-order valence-corrected chi connectivity index (χ3v) is 5.17. The fourth-order valence-electron chi connectivity index (χ4n) is 3.50. The summed E-state index contributed by atoms with van der Waals surface area (Å²) >= 11 is 0. The number of piperazine rings is 1. The topological polar surface area (TPSA) is 94.6 Å². The van der Waals surface area contributed by atoms with Gasteiger partial charge < -0.3 is 20.0 Å². The van der Waals surface area contributed by atoms with Gasteiger partial charge in [0.25, 0.3) is 5.91 Å². The first kappa shape index (κ1) is 18.1. The van der Waals surface area contributed by atoms with Gasteiger partial charge in [-0.05, 0) is 19.9 Å². The Hall–Kier alpha value is -3.23. The van der Waals surface area contributed by atoms with E-state index in [1.54, 1.807) is 25.5 Å². The van der Waals surface area contributed by atoms with E-state index in [4.69, 9.17) is 0 Å². The molecule has 0 aromatic carbocycles. The Balaban J connectivity index is 1.47. The summed E-state index contributed by atoms with van der Waals surface area (Å²) in [5.74, 6) is 1.38.